The van der Waals surface area contributed by atoms with Gasteiger partial charge >= 0.3 is 5.69 Å². The van der Waals surface area contributed by atoms with E-state index in [1.165, 1.54) is 11.6 Å². The molecule has 0 saturated heterocycles. The molecule has 2 aliphatic rings. The van der Waals surface area contributed by atoms with Crippen LogP contribution in [0.25, 0.3) is 0 Å². The Morgan fingerprint density at radius 3 is 2.56 bits per heavy atom. The van der Waals surface area contributed by atoms with E-state index in [-0.39, 0.29) is 16.8 Å². The zero-order chi connectivity index (χ0) is 19.5. The summed E-state index contributed by atoms with van der Waals surface area (Å²) in [6, 6.07) is 3.67. The monoisotopic (exact) mass is 366 g/mol. The number of fused-ring (bicyclic) bond motifs is 2. The second-order valence-corrected chi connectivity index (χ2v) is 8.07. The molecule has 0 radical (unpaired) electrons. The molecule has 0 fully saturated rings. The van der Waals surface area contributed by atoms with E-state index >= 15 is 0 Å². The topological polar surface area (TPSA) is 86.0 Å². The third-order valence-corrected chi connectivity index (χ3v) is 5.51. The minimum atomic E-state index is -0.486. The molecule has 0 amide bonds. The number of nitrogens with zero attached hydrogens (tertiary/aromatic N) is 3. The van der Waals surface area contributed by atoms with Crippen LogP contribution in [-0.2, 0) is 18.9 Å². The molecule has 7 heteroatoms. The fourth-order valence-electron chi connectivity index (χ4n) is 4.30. The first-order valence-corrected chi connectivity index (χ1v) is 8.93. The van der Waals surface area contributed by atoms with Crippen molar-refractivity contribution < 1.29 is 4.79 Å². The molecule has 2 aromatic rings. The predicted molar refractivity (Wildman–Crippen MR) is 102 cm³/mol. The smallest absolute Gasteiger partial charge is 0.332 e. The van der Waals surface area contributed by atoms with Crippen LogP contribution in [0.1, 0.15) is 37.3 Å². The van der Waals surface area contributed by atoms with Crippen molar-refractivity contribution in [1.29, 1.82) is 0 Å². The van der Waals surface area contributed by atoms with E-state index in [1.807, 2.05) is 26.0 Å². The fourth-order valence-corrected chi connectivity index (χ4v) is 4.30. The number of rotatable bonds is 1. The van der Waals surface area contributed by atoms with Crippen molar-refractivity contribution in [3.63, 3.8) is 0 Å². The van der Waals surface area contributed by atoms with Gasteiger partial charge in [-0.25, -0.2) is 4.79 Å². The first kappa shape index (κ1) is 17.5. The number of pyridine rings is 1. The lowest BCUT2D eigenvalue weighted by Crippen LogP contribution is -2.47. The van der Waals surface area contributed by atoms with Crippen molar-refractivity contribution in [3.8, 4) is 0 Å². The maximum absolute atomic E-state index is 13.1. The van der Waals surface area contributed by atoms with E-state index in [9.17, 15) is 14.4 Å². The molecule has 2 aromatic heterocycles. The average Bonchev–Trinajstić information content (AvgIpc) is 2.62. The molecule has 0 saturated carbocycles. The van der Waals surface area contributed by atoms with E-state index in [4.69, 9.17) is 0 Å². The number of anilines is 1. The predicted octanol–water partition coefficient (Wildman–Crippen LogP) is 1.54. The zero-order valence-electron chi connectivity index (χ0n) is 15.8. The molecule has 0 aromatic carbocycles. The van der Waals surface area contributed by atoms with Crippen LogP contribution in [0.4, 0.5) is 5.82 Å². The molecular weight excluding hydrogens is 344 g/mol. The fraction of sp³-hybridized carbons (Fsp3) is 0.400. The summed E-state index contributed by atoms with van der Waals surface area (Å²) in [5.41, 5.74) is 0.900. The highest BCUT2D eigenvalue weighted by molar-refractivity contribution is 5.90. The Balaban J connectivity index is 2.09. The standard InChI is InChI=1S/C20H22N4O3/c1-20(2)8-12-15(13(25)9-20)14(11-6-5-7-21-10-11)16-17(22-12)23(3)19(27)24(4)18(16)26/h5-8,10,14-15,22H,9H2,1-4H3/t14-,15+/m0/s1. The number of ketones is 1. The first-order chi connectivity index (χ1) is 12.7. The Labute approximate surface area is 156 Å². The summed E-state index contributed by atoms with van der Waals surface area (Å²) in [7, 11) is 3.09. The normalized spacial score (nSPS) is 23.1. The second kappa shape index (κ2) is 5.77. The minimum Gasteiger partial charge on any atom is -0.344 e. The SMILES string of the molecule is Cn1c2c(c(=O)n(C)c1=O)[C@@H](c1cccnc1)[C@H]1C(=O)CC(C)(C)C=C1N2. The van der Waals surface area contributed by atoms with Crippen LogP contribution >= 0.6 is 0 Å². The van der Waals surface area contributed by atoms with Gasteiger partial charge in [0, 0.05) is 44.5 Å². The third-order valence-electron chi connectivity index (χ3n) is 5.51. The van der Waals surface area contributed by atoms with Crippen LogP contribution in [0, 0.1) is 11.3 Å². The van der Waals surface area contributed by atoms with Gasteiger partial charge in [0.1, 0.15) is 11.6 Å². The lowest BCUT2D eigenvalue weighted by atomic mass is 9.67. The highest BCUT2D eigenvalue weighted by Gasteiger charge is 2.46. The van der Waals surface area contributed by atoms with Crippen LogP contribution in [0.15, 0.2) is 45.9 Å². The molecule has 3 heterocycles. The number of Topliss-reactive ketones (excluding diaryl/α,β-unsaturated/α-hetero) is 1. The molecular formula is C20H22N4O3. The highest BCUT2D eigenvalue weighted by Crippen LogP contribution is 2.47. The summed E-state index contributed by atoms with van der Waals surface area (Å²) in [6.07, 6.45) is 5.80. The van der Waals surface area contributed by atoms with Crippen LogP contribution in [0.2, 0.25) is 0 Å². The Morgan fingerprint density at radius 1 is 1.15 bits per heavy atom. The number of carbonyl (C=O) groups is 1. The van der Waals surface area contributed by atoms with Gasteiger partial charge in [0.25, 0.3) is 5.56 Å². The summed E-state index contributed by atoms with van der Waals surface area (Å²) in [5, 5.41) is 3.23. The summed E-state index contributed by atoms with van der Waals surface area (Å²) in [6.45, 7) is 4.01. The van der Waals surface area contributed by atoms with Gasteiger partial charge in [-0.15, -0.1) is 0 Å². The Kier molecular flexibility index (Phi) is 3.73. The van der Waals surface area contributed by atoms with Crippen molar-refractivity contribution in [2.24, 2.45) is 25.4 Å². The van der Waals surface area contributed by atoms with Gasteiger partial charge in [0.15, 0.2) is 0 Å². The Bertz CT molecular complexity index is 1090. The molecule has 0 unspecified atom stereocenters. The van der Waals surface area contributed by atoms with Gasteiger partial charge in [-0.05, 0) is 17.0 Å². The maximum atomic E-state index is 13.1. The van der Waals surface area contributed by atoms with Crippen LogP contribution in [0.3, 0.4) is 0 Å². The molecule has 0 bridgehead atoms. The number of hydrogen-bond acceptors (Lipinski definition) is 5. The van der Waals surface area contributed by atoms with Gasteiger partial charge in [0.05, 0.1) is 11.5 Å². The lowest BCUT2D eigenvalue weighted by molar-refractivity contribution is -0.124. The van der Waals surface area contributed by atoms with E-state index in [2.05, 4.69) is 10.3 Å². The lowest BCUT2D eigenvalue weighted by Gasteiger charge is -2.41. The van der Waals surface area contributed by atoms with Crippen molar-refractivity contribution in [1.82, 2.24) is 14.1 Å². The van der Waals surface area contributed by atoms with Gasteiger partial charge in [0.2, 0.25) is 0 Å². The van der Waals surface area contributed by atoms with Crippen LogP contribution < -0.4 is 16.6 Å². The zero-order valence-corrected chi connectivity index (χ0v) is 15.8. The van der Waals surface area contributed by atoms with Gasteiger partial charge in [-0.3, -0.25) is 23.7 Å². The molecule has 1 N–H and O–H groups in total. The molecule has 140 valence electrons. The maximum Gasteiger partial charge on any atom is 0.332 e. The van der Waals surface area contributed by atoms with E-state index in [1.54, 1.807) is 25.5 Å². The summed E-state index contributed by atoms with van der Waals surface area (Å²) in [5.74, 6) is -0.430. The molecule has 4 rings (SSSR count). The summed E-state index contributed by atoms with van der Waals surface area (Å²) in [4.78, 5) is 42.8. The molecule has 1 aliphatic carbocycles. The number of hydrogen-bond donors (Lipinski definition) is 1. The molecule has 27 heavy (non-hydrogen) atoms. The largest absolute Gasteiger partial charge is 0.344 e. The van der Waals surface area contributed by atoms with Crippen molar-refractivity contribution in [3.05, 3.63) is 68.3 Å². The van der Waals surface area contributed by atoms with Crippen LogP contribution in [-0.4, -0.2) is 19.9 Å². The summed E-state index contributed by atoms with van der Waals surface area (Å²) < 4.78 is 2.53. The first-order valence-electron chi connectivity index (χ1n) is 8.93. The Morgan fingerprint density at radius 2 is 1.89 bits per heavy atom. The van der Waals surface area contributed by atoms with E-state index < -0.39 is 17.5 Å². The number of allylic oxidation sites excluding steroid dienone is 2. The minimum absolute atomic E-state index is 0.0837. The van der Waals surface area contributed by atoms with Crippen molar-refractivity contribution in [2.75, 3.05) is 5.32 Å². The number of carbonyl (C=O) groups excluding carboxylic acids is 1. The molecule has 2 atom stereocenters. The van der Waals surface area contributed by atoms with Crippen molar-refractivity contribution in [2.45, 2.75) is 26.2 Å². The van der Waals surface area contributed by atoms with Crippen LogP contribution in [0.5, 0.6) is 0 Å². The molecule has 7 nitrogen and oxygen atoms in total. The van der Waals surface area contributed by atoms with Gasteiger partial charge in [-0.2, -0.15) is 0 Å². The van der Waals surface area contributed by atoms with E-state index in [0.717, 1.165) is 15.8 Å². The number of aromatic nitrogens is 3. The molecule has 1 aliphatic heterocycles. The average molecular weight is 366 g/mol. The summed E-state index contributed by atoms with van der Waals surface area (Å²) >= 11 is 0. The van der Waals surface area contributed by atoms with E-state index in [0.29, 0.717) is 17.8 Å². The second-order valence-electron chi connectivity index (χ2n) is 8.07. The third kappa shape index (κ3) is 2.57. The van der Waals surface area contributed by atoms with Gasteiger partial charge in [-0.1, -0.05) is 26.0 Å². The van der Waals surface area contributed by atoms with Crippen molar-refractivity contribution >= 4 is 11.6 Å². The quantitative estimate of drug-likeness (QED) is 0.827. The molecule has 0 spiro atoms. The number of nitrogens with one attached hydrogen (secondary N) is 1. The Hall–Kier alpha value is -2.96. The van der Waals surface area contributed by atoms with Gasteiger partial charge < -0.3 is 5.32 Å². The highest BCUT2D eigenvalue weighted by atomic mass is 16.2.